The normalized spacial score (nSPS) is 11.7. The molecule has 0 bridgehead atoms. The molecule has 2 heterocycles. The molecule has 3 aromatic rings. The fourth-order valence-corrected chi connectivity index (χ4v) is 2.13. The quantitative estimate of drug-likeness (QED) is 0.726. The summed E-state index contributed by atoms with van der Waals surface area (Å²) in [5, 5.41) is 9.68. The van der Waals surface area contributed by atoms with E-state index in [9.17, 15) is 4.79 Å². The van der Waals surface area contributed by atoms with Gasteiger partial charge in [-0.15, -0.1) is 0 Å². The van der Waals surface area contributed by atoms with Crippen molar-refractivity contribution in [2.24, 2.45) is 0 Å². The third kappa shape index (κ3) is 3.95. The van der Waals surface area contributed by atoms with Crippen LogP contribution in [0.2, 0.25) is 0 Å². The molecule has 2 N–H and O–H groups in total. The predicted molar refractivity (Wildman–Crippen MR) is 87.3 cm³/mol. The second-order valence-corrected chi connectivity index (χ2v) is 5.21. The van der Waals surface area contributed by atoms with Crippen LogP contribution in [0, 0.1) is 0 Å². The number of carbonyl (C=O) groups is 1. The van der Waals surface area contributed by atoms with Crippen molar-refractivity contribution < 1.29 is 9.53 Å². The van der Waals surface area contributed by atoms with Gasteiger partial charge in [-0.05, 0) is 31.2 Å². The van der Waals surface area contributed by atoms with Crippen molar-refractivity contribution in [1.82, 2.24) is 25.5 Å². The molecule has 3 rings (SSSR count). The molecule has 0 aliphatic carbocycles. The third-order valence-electron chi connectivity index (χ3n) is 3.40. The number of rotatable bonds is 6. The van der Waals surface area contributed by atoms with Gasteiger partial charge in [0.05, 0.1) is 17.4 Å². The minimum absolute atomic E-state index is 0.235. The zero-order chi connectivity index (χ0) is 16.8. The Morgan fingerprint density at radius 3 is 2.88 bits per heavy atom. The van der Waals surface area contributed by atoms with Crippen LogP contribution in [0.25, 0.3) is 0 Å². The number of ether oxygens (including phenoxy) is 1. The van der Waals surface area contributed by atoms with Gasteiger partial charge in [0, 0.05) is 6.20 Å². The smallest absolute Gasteiger partial charge is 0.272 e. The van der Waals surface area contributed by atoms with E-state index in [0.717, 1.165) is 17.1 Å². The summed E-state index contributed by atoms with van der Waals surface area (Å²) >= 11 is 0. The molecule has 0 aliphatic rings. The number of aromatic amines is 1. The first-order valence-electron chi connectivity index (χ1n) is 7.51. The van der Waals surface area contributed by atoms with Gasteiger partial charge in [-0.25, -0.2) is 9.97 Å². The molecule has 0 saturated carbocycles. The fourth-order valence-electron chi connectivity index (χ4n) is 2.13. The Morgan fingerprint density at radius 2 is 2.12 bits per heavy atom. The van der Waals surface area contributed by atoms with Crippen LogP contribution in [0.4, 0.5) is 0 Å². The fraction of sp³-hybridized carbons (Fsp3) is 0.176. The van der Waals surface area contributed by atoms with E-state index in [1.54, 1.807) is 18.3 Å². The van der Waals surface area contributed by atoms with Crippen molar-refractivity contribution in [3.05, 3.63) is 72.1 Å². The van der Waals surface area contributed by atoms with Crippen molar-refractivity contribution in [1.29, 1.82) is 0 Å². The van der Waals surface area contributed by atoms with E-state index >= 15 is 0 Å². The first kappa shape index (κ1) is 15.7. The van der Waals surface area contributed by atoms with E-state index in [0.29, 0.717) is 12.3 Å². The van der Waals surface area contributed by atoms with E-state index in [1.165, 1.54) is 6.33 Å². The Balaban J connectivity index is 1.57. The molecule has 7 nitrogen and oxygen atoms in total. The molecule has 0 spiro atoms. The van der Waals surface area contributed by atoms with Crippen LogP contribution < -0.4 is 10.1 Å². The number of aromatic nitrogens is 4. The summed E-state index contributed by atoms with van der Waals surface area (Å²) < 4.78 is 5.62. The number of hydrogen-bond acceptors (Lipinski definition) is 5. The van der Waals surface area contributed by atoms with Gasteiger partial charge in [0.25, 0.3) is 5.91 Å². The number of amides is 1. The van der Waals surface area contributed by atoms with Gasteiger partial charge in [-0.3, -0.25) is 9.89 Å². The highest BCUT2D eigenvalue weighted by Crippen LogP contribution is 2.12. The molecule has 1 aromatic carbocycles. The van der Waals surface area contributed by atoms with Crippen LogP contribution in [0.15, 0.2) is 55.0 Å². The molecule has 0 fully saturated rings. The SMILES string of the molecule is CC(NC(=O)c1cc(COc2ccccc2)[nH]n1)c1ccncn1. The van der Waals surface area contributed by atoms with Gasteiger partial charge >= 0.3 is 0 Å². The topological polar surface area (TPSA) is 92.8 Å². The number of H-pyrrole nitrogens is 1. The largest absolute Gasteiger partial charge is 0.487 e. The summed E-state index contributed by atoms with van der Waals surface area (Å²) in [6.07, 6.45) is 3.09. The lowest BCUT2D eigenvalue weighted by Crippen LogP contribution is -2.27. The first-order chi connectivity index (χ1) is 11.7. The van der Waals surface area contributed by atoms with Gasteiger partial charge in [0.2, 0.25) is 0 Å². The molecule has 0 radical (unpaired) electrons. The summed E-state index contributed by atoms with van der Waals surface area (Å²) in [4.78, 5) is 20.2. The third-order valence-corrected chi connectivity index (χ3v) is 3.40. The van der Waals surface area contributed by atoms with Gasteiger partial charge in [0.1, 0.15) is 24.4 Å². The highest BCUT2D eigenvalue weighted by molar-refractivity contribution is 5.92. The zero-order valence-electron chi connectivity index (χ0n) is 13.1. The zero-order valence-corrected chi connectivity index (χ0v) is 13.1. The summed E-state index contributed by atoms with van der Waals surface area (Å²) in [6, 6.07) is 12.7. The molecule has 7 heteroatoms. The Kier molecular flexibility index (Phi) is 4.81. The molecular weight excluding hydrogens is 306 g/mol. The molecule has 1 amide bonds. The number of carbonyl (C=O) groups excluding carboxylic acids is 1. The van der Waals surface area contributed by atoms with E-state index in [2.05, 4.69) is 25.5 Å². The van der Waals surface area contributed by atoms with Gasteiger partial charge in [-0.2, -0.15) is 5.10 Å². The van der Waals surface area contributed by atoms with Crippen LogP contribution in [0.1, 0.15) is 34.8 Å². The van der Waals surface area contributed by atoms with Crippen LogP contribution in [0.3, 0.4) is 0 Å². The summed E-state index contributed by atoms with van der Waals surface area (Å²) in [7, 11) is 0. The minimum atomic E-state index is -0.275. The molecule has 122 valence electrons. The van der Waals surface area contributed by atoms with Gasteiger partial charge in [0.15, 0.2) is 0 Å². The van der Waals surface area contributed by atoms with Crippen molar-refractivity contribution in [3.63, 3.8) is 0 Å². The van der Waals surface area contributed by atoms with E-state index < -0.39 is 0 Å². The monoisotopic (exact) mass is 323 g/mol. The van der Waals surface area contributed by atoms with E-state index in [4.69, 9.17) is 4.74 Å². The summed E-state index contributed by atoms with van der Waals surface area (Å²) in [6.45, 7) is 2.16. The van der Waals surface area contributed by atoms with Crippen molar-refractivity contribution >= 4 is 5.91 Å². The molecular formula is C17H17N5O2. The lowest BCUT2D eigenvalue weighted by Gasteiger charge is -2.11. The molecule has 1 unspecified atom stereocenters. The number of benzene rings is 1. The van der Waals surface area contributed by atoms with Crippen LogP contribution >= 0.6 is 0 Å². The second kappa shape index (κ2) is 7.36. The first-order valence-corrected chi connectivity index (χ1v) is 7.51. The lowest BCUT2D eigenvalue weighted by atomic mass is 10.2. The minimum Gasteiger partial charge on any atom is -0.487 e. The van der Waals surface area contributed by atoms with E-state index in [-0.39, 0.29) is 11.9 Å². The standard InChI is InChI=1S/C17H17N5O2/c1-12(15-7-8-18-11-19-15)20-17(23)16-9-13(21-22-16)10-24-14-5-3-2-4-6-14/h2-9,11-12H,10H2,1H3,(H,20,23)(H,21,22). The van der Waals surface area contributed by atoms with Crippen molar-refractivity contribution in [2.75, 3.05) is 0 Å². The maximum absolute atomic E-state index is 12.2. The van der Waals surface area contributed by atoms with Crippen LogP contribution in [-0.4, -0.2) is 26.1 Å². The molecule has 2 aromatic heterocycles. The average molecular weight is 323 g/mol. The highest BCUT2D eigenvalue weighted by atomic mass is 16.5. The molecule has 1 atom stereocenters. The maximum atomic E-state index is 12.2. The summed E-state index contributed by atoms with van der Waals surface area (Å²) in [5.41, 5.74) is 1.77. The maximum Gasteiger partial charge on any atom is 0.272 e. The van der Waals surface area contributed by atoms with Gasteiger partial charge < -0.3 is 10.1 Å². The highest BCUT2D eigenvalue weighted by Gasteiger charge is 2.15. The average Bonchev–Trinajstić information content (AvgIpc) is 3.11. The number of para-hydroxylation sites is 1. The predicted octanol–water partition coefficient (Wildman–Crippen LogP) is 2.27. The number of nitrogens with one attached hydrogen (secondary N) is 2. The van der Waals surface area contributed by atoms with Crippen LogP contribution in [0.5, 0.6) is 5.75 Å². The van der Waals surface area contributed by atoms with Gasteiger partial charge in [-0.1, -0.05) is 18.2 Å². The Labute approximate surface area is 139 Å². The number of nitrogens with zero attached hydrogens (tertiary/aromatic N) is 3. The molecule has 24 heavy (non-hydrogen) atoms. The Hall–Kier alpha value is -3.22. The molecule has 0 saturated heterocycles. The van der Waals surface area contributed by atoms with Crippen LogP contribution in [-0.2, 0) is 6.61 Å². The molecule has 0 aliphatic heterocycles. The Morgan fingerprint density at radius 1 is 1.29 bits per heavy atom. The second-order valence-electron chi connectivity index (χ2n) is 5.21. The van der Waals surface area contributed by atoms with Crippen molar-refractivity contribution in [2.45, 2.75) is 19.6 Å². The summed E-state index contributed by atoms with van der Waals surface area (Å²) in [5.74, 6) is 0.485. The lowest BCUT2D eigenvalue weighted by molar-refractivity contribution is 0.0934. The Bertz CT molecular complexity index is 789. The van der Waals surface area contributed by atoms with E-state index in [1.807, 2.05) is 37.3 Å². The number of hydrogen-bond donors (Lipinski definition) is 2. The van der Waals surface area contributed by atoms with Crippen molar-refractivity contribution in [3.8, 4) is 5.75 Å².